The third kappa shape index (κ3) is 2.94. The fourth-order valence-electron chi connectivity index (χ4n) is 3.88. The van der Waals surface area contributed by atoms with Crippen LogP contribution in [-0.2, 0) is 14.4 Å². The van der Waals surface area contributed by atoms with E-state index in [0.29, 0.717) is 30.9 Å². The summed E-state index contributed by atoms with van der Waals surface area (Å²) in [7, 11) is 0. The summed E-state index contributed by atoms with van der Waals surface area (Å²) in [5, 5.41) is 2.96. The predicted molar refractivity (Wildman–Crippen MR) is 90.3 cm³/mol. The SMILES string of the molecule is Cc1ccc2c(c1)N(CC(=O)N1CC[C@@H]3NC(=O)C[C@@H]3C1)C(=O)CO2. The van der Waals surface area contributed by atoms with Crippen LogP contribution >= 0.6 is 0 Å². The molecule has 4 rings (SSSR count). The van der Waals surface area contributed by atoms with Crippen molar-refractivity contribution in [3.05, 3.63) is 23.8 Å². The van der Waals surface area contributed by atoms with Gasteiger partial charge in [0.1, 0.15) is 12.3 Å². The van der Waals surface area contributed by atoms with Crippen LogP contribution in [-0.4, -0.2) is 54.9 Å². The Morgan fingerprint density at radius 1 is 1.36 bits per heavy atom. The number of anilines is 1. The molecule has 2 saturated heterocycles. The van der Waals surface area contributed by atoms with E-state index in [1.54, 1.807) is 4.90 Å². The number of carbonyl (C=O) groups excluding carboxylic acids is 3. The van der Waals surface area contributed by atoms with E-state index >= 15 is 0 Å². The molecule has 7 heteroatoms. The van der Waals surface area contributed by atoms with Gasteiger partial charge in [0.2, 0.25) is 11.8 Å². The molecule has 0 bridgehead atoms. The summed E-state index contributed by atoms with van der Waals surface area (Å²) >= 11 is 0. The number of rotatable bonds is 2. The molecule has 2 fully saturated rings. The van der Waals surface area contributed by atoms with Crippen molar-refractivity contribution < 1.29 is 19.1 Å². The summed E-state index contributed by atoms with van der Waals surface area (Å²) in [6, 6.07) is 5.80. The molecule has 2 atom stereocenters. The first-order valence-electron chi connectivity index (χ1n) is 8.62. The molecule has 132 valence electrons. The van der Waals surface area contributed by atoms with Crippen LogP contribution in [0.1, 0.15) is 18.4 Å². The van der Waals surface area contributed by atoms with Gasteiger partial charge in [-0.15, -0.1) is 0 Å². The lowest BCUT2D eigenvalue weighted by molar-refractivity contribution is -0.133. The Morgan fingerprint density at radius 2 is 2.20 bits per heavy atom. The molecule has 0 aliphatic carbocycles. The minimum absolute atomic E-state index is 0.0113. The molecule has 1 N–H and O–H groups in total. The molecule has 0 aromatic heterocycles. The Hall–Kier alpha value is -2.57. The van der Waals surface area contributed by atoms with E-state index in [1.807, 2.05) is 25.1 Å². The highest BCUT2D eigenvalue weighted by Gasteiger charge is 2.39. The minimum atomic E-state index is -0.209. The highest BCUT2D eigenvalue weighted by Crippen LogP contribution is 2.33. The van der Waals surface area contributed by atoms with Gasteiger partial charge in [0.15, 0.2) is 6.61 Å². The van der Waals surface area contributed by atoms with E-state index < -0.39 is 0 Å². The first-order chi connectivity index (χ1) is 12.0. The van der Waals surface area contributed by atoms with Crippen LogP contribution in [0, 0.1) is 12.8 Å². The van der Waals surface area contributed by atoms with Crippen LogP contribution in [0.15, 0.2) is 18.2 Å². The van der Waals surface area contributed by atoms with Gasteiger partial charge in [0.25, 0.3) is 5.91 Å². The van der Waals surface area contributed by atoms with Gasteiger partial charge in [0, 0.05) is 31.5 Å². The van der Waals surface area contributed by atoms with Gasteiger partial charge in [-0.3, -0.25) is 19.3 Å². The molecule has 25 heavy (non-hydrogen) atoms. The zero-order valence-corrected chi connectivity index (χ0v) is 14.2. The summed E-state index contributed by atoms with van der Waals surface area (Å²) in [5.74, 6) is 0.582. The number of hydrogen-bond acceptors (Lipinski definition) is 4. The van der Waals surface area contributed by atoms with Crippen molar-refractivity contribution in [3.8, 4) is 5.75 Å². The first-order valence-corrected chi connectivity index (χ1v) is 8.62. The largest absolute Gasteiger partial charge is 0.482 e. The number of benzene rings is 1. The van der Waals surface area contributed by atoms with Crippen molar-refractivity contribution in [1.82, 2.24) is 10.2 Å². The maximum absolute atomic E-state index is 12.8. The summed E-state index contributed by atoms with van der Waals surface area (Å²) in [6.07, 6.45) is 1.25. The minimum Gasteiger partial charge on any atom is -0.482 e. The van der Waals surface area contributed by atoms with Gasteiger partial charge >= 0.3 is 0 Å². The van der Waals surface area contributed by atoms with Crippen LogP contribution in [0.5, 0.6) is 5.75 Å². The number of aryl methyl sites for hydroxylation is 1. The van der Waals surface area contributed by atoms with Crippen molar-refractivity contribution in [3.63, 3.8) is 0 Å². The molecule has 0 spiro atoms. The molecule has 1 aromatic carbocycles. The lowest BCUT2D eigenvalue weighted by Gasteiger charge is -2.36. The van der Waals surface area contributed by atoms with Gasteiger partial charge in [-0.1, -0.05) is 6.07 Å². The number of piperidine rings is 1. The molecule has 1 aromatic rings. The number of amides is 3. The highest BCUT2D eigenvalue weighted by atomic mass is 16.5. The number of likely N-dealkylation sites (tertiary alicyclic amines) is 1. The molecule has 7 nitrogen and oxygen atoms in total. The van der Waals surface area contributed by atoms with Crippen molar-refractivity contribution in [1.29, 1.82) is 0 Å². The summed E-state index contributed by atoms with van der Waals surface area (Å²) in [4.78, 5) is 39.9. The topological polar surface area (TPSA) is 79.0 Å². The van der Waals surface area contributed by atoms with E-state index in [1.165, 1.54) is 4.90 Å². The standard InChI is InChI=1S/C18H21N3O4/c1-11-2-3-15-14(6-11)21(18(24)10-25-15)9-17(23)20-5-4-13-12(8-20)7-16(22)19-13/h2-3,6,12-13H,4-5,7-10H2,1H3,(H,19,22)/t12-,13+/m1/s1. The molecule has 3 aliphatic rings. The Morgan fingerprint density at radius 3 is 3.04 bits per heavy atom. The number of ether oxygens (including phenoxy) is 1. The van der Waals surface area contributed by atoms with E-state index in [2.05, 4.69) is 5.32 Å². The van der Waals surface area contributed by atoms with Crippen LogP contribution in [0.2, 0.25) is 0 Å². The molecule has 0 unspecified atom stereocenters. The monoisotopic (exact) mass is 343 g/mol. The van der Waals surface area contributed by atoms with E-state index in [4.69, 9.17) is 4.74 Å². The molecule has 0 radical (unpaired) electrons. The Bertz CT molecular complexity index is 748. The van der Waals surface area contributed by atoms with E-state index in [0.717, 1.165) is 12.0 Å². The third-order valence-corrected chi connectivity index (χ3v) is 5.23. The van der Waals surface area contributed by atoms with Crippen molar-refractivity contribution in [2.45, 2.75) is 25.8 Å². The predicted octanol–water partition coefficient (Wildman–Crippen LogP) is 0.457. The van der Waals surface area contributed by atoms with Gasteiger partial charge < -0.3 is 15.0 Å². The summed E-state index contributed by atoms with van der Waals surface area (Å²) < 4.78 is 5.45. The third-order valence-electron chi connectivity index (χ3n) is 5.23. The molecule has 3 amide bonds. The Kier molecular flexibility index (Phi) is 3.86. The number of nitrogens with one attached hydrogen (secondary N) is 1. The normalized spacial score (nSPS) is 25.2. The van der Waals surface area contributed by atoms with Crippen LogP contribution < -0.4 is 15.0 Å². The Balaban J connectivity index is 1.48. The number of hydrogen-bond donors (Lipinski definition) is 1. The number of fused-ring (bicyclic) bond motifs is 2. The fraction of sp³-hybridized carbons (Fsp3) is 0.500. The zero-order chi connectivity index (χ0) is 17.6. The van der Waals surface area contributed by atoms with Gasteiger partial charge in [0.05, 0.1) is 5.69 Å². The molecular weight excluding hydrogens is 322 g/mol. The summed E-state index contributed by atoms with van der Waals surface area (Å²) in [5.41, 5.74) is 1.66. The first kappa shape index (κ1) is 15.9. The molecule has 3 heterocycles. The average molecular weight is 343 g/mol. The lowest BCUT2D eigenvalue weighted by atomic mass is 9.93. The van der Waals surface area contributed by atoms with Gasteiger partial charge in [-0.2, -0.15) is 0 Å². The second-order valence-electron chi connectivity index (χ2n) is 7.01. The van der Waals surface area contributed by atoms with Crippen LogP contribution in [0.4, 0.5) is 5.69 Å². The fourth-order valence-corrected chi connectivity index (χ4v) is 3.88. The van der Waals surface area contributed by atoms with Crippen LogP contribution in [0.3, 0.4) is 0 Å². The Labute approximate surface area is 145 Å². The molecule has 3 aliphatic heterocycles. The average Bonchev–Trinajstić information content (AvgIpc) is 2.96. The molecular formula is C18H21N3O4. The highest BCUT2D eigenvalue weighted by molar-refractivity contribution is 6.02. The van der Waals surface area contributed by atoms with Crippen LogP contribution in [0.25, 0.3) is 0 Å². The lowest BCUT2D eigenvalue weighted by Crippen LogP contribution is -2.51. The van der Waals surface area contributed by atoms with Gasteiger partial charge in [-0.25, -0.2) is 0 Å². The van der Waals surface area contributed by atoms with Crippen molar-refractivity contribution >= 4 is 23.4 Å². The smallest absolute Gasteiger partial charge is 0.265 e. The van der Waals surface area contributed by atoms with E-state index in [9.17, 15) is 14.4 Å². The summed E-state index contributed by atoms with van der Waals surface area (Å²) in [6.45, 7) is 3.08. The second-order valence-corrected chi connectivity index (χ2v) is 7.01. The maximum Gasteiger partial charge on any atom is 0.265 e. The van der Waals surface area contributed by atoms with Crippen molar-refractivity contribution in [2.75, 3.05) is 31.1 Å². The van der Waals surface area contributed by atoms with Crippen molar-refractivity contribution in [2.24, 2.45) is 5.92 Å². The number of carbonyl (C=O) groups is 3. The van der Waals surface area contributed by atoms with Gasteiger partial charge in [-0.05, 0) is 31.0 Å². The van der Waals surface area contributed by atoms with E-state index in [-0.39, 0.29) is 42.8 Å². The molecule has 0 saturated carbocycles. The second kappa shape index (κ2) is 6.06. The maximum atomic E-state index is 12.8. The number of nitrogens with zero attached hydrogens (tertiary/aromatic N) is 2. The quantitative estimate of drug-likeness (QED) is 0.846. The zero-order valence-electron chi connectivity index (χ0n) is 14.2.